The van der Waals surface area contributed by atoms with Crippen LogP contribution in [0.1, 0.15) is 21.5 Å². The molecule has 0 bridgehead atoms. The summed E-state index contributed by atoms with van der Waals surface area (Å²) in [5.74, 6) is 0.0777. The minimum absolute atomic E-state index is 0.0777. The summed E-state index contributed by atoms with van der Waals surface area (Å²) >= 11 is 0. The number of benzene rings is 4. The highest BCUT2D eigenvalue weighted by molar-refractivity contribution is 6.17. The molecule has 0 aromatic heterocycles. The molecule has 120 valence electrons. The molecule has 0 N–H and O–H groups in total. The average molecular weight is 322 g/mol. The maximum Gasteiger partial charge on any atom is 0.193 e. The highest BCUT2D eigenvalue weighted by Gasteiger charge is 2.15. The number of rotatable bonds is 3. The van der Waals surface area contributed by atoms with Gasteiger partial charge in [-0.25, -0.2) is 0 Å². The molecule has 0 saturated carbocycles. The molecule has 0 fully saturated rings. The molecule has 0 aliphatic carbocycles. The first-order chi connectivity index (χ1) is 12.2. The Hall–Kier alpha value is -3.19. The first-order valence-electron chi connectivity index (χ1n) is 8.42. The molecular weight excluding hydrogens is 304 g/mol. The third kappa shape index (κ3) is 2.85. The highest BCUT2D eigenvalue weighted by atomic mass is 16.1. The van der Waals surface area contributed by atoms with Crippen LogP contribution in [0.5, 0.6) is 0 Å². The highest BCUT2D eigenvalue weighted by Crippen LogP contribution is 2.26. The van der Waals surface area contributed by atoms with Gasteiger partial charge in [-0.05, 0) is 34.4 Å². The van der Waals surface area contributed by atoms with E-state index in [1.165, 1.54) is 0 Å². The summed E-state index contributed by atoms with van der Waals surface area (Å²) < 4.78 is 0. The maximum absolute atomic E-state index is 13.1. The van der Waals surface area contributed by atoms with Gasteiger partial charge in [0.2, 0.25) is 0 Å². The lowest BCUT2D eigenvalue weighted by molar-refractivity contribution is 0.104. The third-order valence-electron chi connectivity index (χ3n) is 4.62. The van der Waals surface area contributed by atoms with Gasteiger partial charge in [-0.3, -0.25) is 4.79 Å². The summed E-state index contributed by atoms with van der Waals surface area (Å²) in [5, 5.41) is 2.11. The van der Waals surface area contributed by atoms with Gasteiger partial charge in [-0.1, -0.05) is 91.0 Å². The average Bonchev–Trinajstić information content (AvgIpc) is 2.68. The van der Waals surface area contributed by atoms with E-state index in [2.05, 4.69) is 18.2 Å². The summed E-state index contributed by atoms with van der Waals surface area (Å²) in [6.07, 6.45) is 0. The Morgan fingerprint density at radius 2 is 1.28 bits per heavy atom. The molecule has 0 amide bonds. The first kappa shape index (κ1) is 15.3. The predicted octanol–water partition coefficient (Wildman–Crippen LogP) is 6.05. The zero-order chi connectivity index (χ0) is 17.2. The van der Waals surface area contributed by atoms with E-state index >= 15 is 0 Å². The van der Waals surface area contributed by atoms with Crippen molar-refractivity contribution in [1.82, 2.24) is 0 Å². The van der Waals surface area contributed by atoms with Crippen molar-refractivity contribution in [1.29, 1.82) is 0 Å². The van der Waals surface area contributed by atoms with Gasteiger partial charge in [-0.2, -0.15) is 0 Å². The van der Waals surface area contributed by atoms with Gasteiger partial charge in [0.05, 0.1) is 0 Å². The molecule has 0 heterocycles. The molecule has 4 aromatic rings. The van der Waals surface area contributed by atoms with Gasteiger partial charge in [0.15, 0.2) is 5.78 Å². The summed E-state index contributed by atoms with van der Waals surface area (Å²) in [6, 6.07) is 30.2. The van der Waals surface area contributed by atoms with Crippen LogP contribution < -0.4 is 0 Å². The molecule has 4 aromatic carbocycles. The quantitative estimate of drug-likeness (QED) is 0.420. The first-order valence-corrected chi connectivity index (χ1v) is 8.42. The number of carbonyl (C=O) groups is 1. The van der Waals surface area contributed by atoms with Gasteiger partial charge in [-0.15, -0.1) is 0 Å². The van der Waals surface area contributed by atoms with E-state index in [0.717, 1.165) is 38.6 Å². The number of carbonyl (C=O) groups excluding carboxylic acids is 1. The van der Waals surface area contributed by atoms with Crippen LogP contribution in [0, 0.1) is 6.92 Å². The lowest BCUT2D eigenvalue weighted by Crippen LogP contribution is -2.04. The van der Waals surface area contributed by atoms with E-state index in [0.29, 0.717) is 0 Å². The van der Waals surface area contributed by atoms with E-state index < -0.39 is 0 Å². The second-order valence-electron chi connectivity index (χ2n) is 6.25. The van der Waals surface area contributed by atoms with Crippen molar-refractivity contribution in [2.24, 2.45) is 0 Å². The molecule has 0 atom stereocenters. The molecule has 0 aliphatic heterocycles. The Bertz CT molecular complexity index is 1040. The zero-order valence-electron chi connectivity index (χ0n) is 14.1. The smallest absolute Gasteiger partial charge is 0.193 e. The fraction of sp³-hybridized carbons (Fsp3) is 0.0417. The van der Waals surface area contributed by atoms with Crippen molar-refractivity contribution in [3.05, 3.63) is 108 Å². The van der Waals surface area contributed by atoms with E-state index in [1.807, 2.05) is 79.7 Å². The molecule has 0 unspecified atom stereocenters. The van der Waals surface area contributed by atoms with Crippen LogP contribution in [0.3, 0.4) is 0 Å². The van der Waals surface area contributed by atoms with E-state index in [4.69, 9.17) is 0 Å². The largest absolute Gasteiger partial charge is 0.289 e. The van der Waals surface area contributed by atoms with Crippen molar-refractivity contribution in [3.8, 4) is 11.1 Å². The van der Waals surface area contributed by atoms with E-state index in [9.17, 15) is 4.79 Å². The van der Waals surface area contributed by atoms with Crippen LogP contribution in [0.4, 0.5) is 0 Å². The summed E-state index contributed by atoms with van der Waals surface area (Å²) in [5.41, 5.74) is 4.80. The van der Waals surface area contributed by atoms with Crippen molar-refractivity contribution < 1.29 is 4.79 Å². The molecule has 0 saturated heterocycles. The number of hydrogen-bond donors (Lipinski definition) is 0. The van der Waals surface area contributed by atoms with Crippen molar-refractivity contribution in [3.63, 3.8) is 0 Å². The molecule has 25 heavy (non-hydrogen) atoms. The Balaban J connectivity index is 1.76. The van der Waals surface area contributed by atoms with Crippen LogP contribution in [-0.4, -0.2) is 5.78 Å². The van der Waals surface area contributed by atoms with Crippen LogP contribution in [0.25, 0.3) is 21.9 Å². The van der Waals surface area contributed by atoms with Crippen LogP contribution >= 0.6 is 0 Å². The number of fused-ring (bicyclic) bond motifs is 1. The normalized spacial score (nSPS) is 10.8. The predicted molar refractivity (Wildman–Crippen MR) is 104 cm³/mol. The van der Waals surface area contributed by atoms with Gasteiger partial charge in [0.1, 0.15) is 0 Å². The molecule has 0 spiro atoms. The van der Waals surface area contributed by atoms with Gasteiger partial charge >= 0.3 is 0 Å². The number of hydrogen-bond acceptors (Lipinski definition) is 1. The maximum atomic E-state index is 13.1. The summed E-state index contributed by atoms with van der Waals surface area (Å²) in [6.45, 7) is 2.00. The van der Waals surface area contributed by atoms with Crippen LogP contribution in [-0.2, 0) is 0 Å². The van der Waals surface area contributed by atoms with Crippen LogP contribution in [0.15, 0.2) is 91.0 Å². The van der Waals surface area contributed by atoms with Crippen LogP contribution in [0.2, 0.25) is 0 Å². The van der Waals surface area contributed by atoms with Crippen molar-refractivity contribution in [2.75, 3.05) is 0 Å². The fourth-order valence-corrected chi connectivity index (χ4v) is 3.27. The number of aryl methyl sites for hydroxylation is 1. The van der Waals surface area contributed by atoms with Crippen molar-refractivity contribution >= 4 is 16.6 Å². The minimum Gasteiger partial charge on any atom is -0.289 e. The molecule has 1 nitrogen and oxygen atoms in total. The second-order valence-corrected chi connectivity index (χ2v) is 6.25. The summed E-state index contributed by atoms with van der Waals surface area (Å²) in [4.78, 5) is 13.1. The summed E-state index contributed by atoms with van der Waals surface area (Å²) in [7, 11) is 0. The Kier molecular flexibility index (Phi) is 3.91. The standard InChI is InChI=1S/C24H18O/c1-17-11-12-20-9-5-6-10-22(20)23(17)24(25)21-15-13-19(14-16-21)18-7-3-2-4-8-18/h2-16H,1H3. The monoisotopic (exact) mass is 322 g/mol. The fourth-order valence-electron chi connectivity index (χ4n) is 3.27. The molecule has 0 aliphatic rings. The molecule has 0 radical (unpaired) electrons. The van der Waals surface area contributed by atoms with Gasteiger partial charge in [0, 0.05) is 11.1 Å². The van der Waals surface area contributed by atoms with Crippen molar-refractivity contribution in [2.45, 2.75) is 6.92 Å². The lowest BCUT2D eigenvalue weighted by Gasteiger charge is -2.10. The second kappa shape index (κ2) is 6.37. The zero-order valence-corrected chi connectivity index (χ0v) is 14.1. The van der Waals surface area contributed by atoms with E-state index in [-0.39, 0.29) is 5.78 Å². The Morgan fingerprint density at radius 3 is 2.04 bits per heavy atom. The minimum atomic E-state index is 0.0777. The topological polar surface area (TPSA) is 17.1 Å². The molecule has 4 rings (SSSR count). The lowest BCUT2D eigenvalue weighted by atomic mass is 9.92. The molecule has 1 heteroatoms. The van der Waals surface area contributed by atoms with E-state index in [1.54, 1.807) is 0 Å². The SMILES string of the molecule is Cc1ccc2ccccc2c1C(=O)c1ccc(-c2ccccc2)cc1. The Morgan fingerprint density at radius 1 is 0.640 bits per heavy atom. The van der Waals surface area contributed by atoms with Gasteiger partial charge in [0.25, 0.3) is 0 Å². The number of ketones is 1. The third-order valence-corrected chi connectivity index (χ3v) is 4.62. The Labute approximate surface area is 147 Å². The molecular formula is C24H18O. The van der Waals surface area contributed by atoms with Gasteiger partial charge < -0.3 is 0 Å².